The first-order valence-corrected chi connectivity index (χ1v) is 7.87. The van der Waals surface area contributed by atoms with E-state index < -0.39 is 0 Å². The summed E-state index contributed by atoms with van der Waals surface area (Å²) in [6.45, 7) is 2.33. The molecule has 2 aliphatic heterocycles. The lowest BCUT2D eigenvalue weighted by Crippen LogP contribution is -2.39. The molecule has 22 heavy (non-hydrogen) atoms. The Morgan fingerprint density at radius 3 is 3.32 bits per heavy atom. The van der Waals surface area contributed by atoms with Crippen molar-refractivity contribution in [3.05, 3.63) is 46.5 Å². The molecule has 0 radical (unpaired) electrons. The van der Waals surface area contributed by atoms with Crippen LogP contribution in [0, 0.1) is 0 Å². The second kappa shape index (κ2) is 5.74. The molecule has 4 rings (SSSR count). The molecule has 0 saturated carbocycles. The van der Waals surface area contributed by atoms with Gasteiger partial charge in [0.25, 0.3) is 0 Å². The molecule has 1 aromatic carbocycles. The minimum absolute atomic E-state index is 0.427. The lowest BCUT2D eigenvalue weighted by Gasteiger charge is -2.25. The quantitative estimate of drug-likeness (QED) is 0.944. The van der Waals surface area contributed by atoms with Crippen molar-refractivity contribution in [1.82, 2.24) is 20.1 Å². The molecule has 1 aromatic heterocycles. The Kier molecular flexibility index (Phi) is 3.60. The van der Waals surface area contributed by atoms with Gasteiger partial charge in [-0.3, -0.25) is 0 Å². The van der Waals surface area contributed by atoms with Gasteiger partial charge in [-0.2, -0.15) is 5.10 Å². The highest BCUT2D eigenvalue weighted by Gasteiger charge is 2.20. The normalized spacial score (nSPS) is 19.9. The molecule has 5 nitrogen and oxygen atoms in total. The molecule has 114 valence electrons. The van der Waals surface area contributed by atoms with Crippen LogP contribution in [-0.4, -0.2) is 34.0 Å². The number of hydrogen-bond donors (Lipinski definition) is 1. The number of nitrogens with zero attached hydrogens (tertiary/aromatic N) is 3. The Labute approximate surface area is 134 Å². The van der Waals surface area contributed by atoms with Crippen LogP contribution >= 0.6 is 11.6 Å². The summed E-state index contributed by atoms with van der Waals surface area (Å²) >= 11 is 6.04. The second-order valence-electron chi connectivity index (χ2n) is 5.75. The number of aromatic nitrogens is 3. The van der Waals surface area contributed by atoms with Gasteiger partial charge in [0, 0.05) is 29.6 Å². The van der Waals surface area contributed by atoms with Crippen molar-refractivity contribution in [2.24, 2.45) is 0 Å². The average Bonchev–Trinajstić information content (AvgIpc) is 3.00. The number of ether oxygens (including phenoxy) is 1. The standard InChI is InChI=1S/C16H17ClN4O/c17-13-1-3-15-12(6-13)5-11(9-22-15)7-18-14-2-4-16-19-10-20-21(16)8-14/h1,3,5-6,10,14,18H,2,4,7-9H2/t14-/m1/s1. The lowest BCUT2D eigenvalue weighted by atomic mass is 10.1. The first kappa shape index (κ1) is 13.8. The van der Waals surface area contributed by atoms with Crippen LogP contribution in [0.4, 0.5) is 0 Å². The third kappa shape index (κ3) is 2.74. The lowest BCUT2D eigenvalue weighted by molar-refractivity contribution is 0.330. The molecule has 3 heterocycles. The van der Waals surface area contributed by atoms with Gasteiger partial charge in [0.1, 0.15) is 24.5 Å². The average molecular weight is 317 g/mol. The maximum atomic E-state index is 6.04. The summed E-state index contributed by atoms with van der Waals surface area (Å²) in [6, 6.07) is 6.15. The molecular formula is C16H17ClN4O. The molecule has 2 aromatic rings. The van der Waals surface area contributed by atoms with E-state index in [1.165, 1.54) is 5.57 Å². The molecular weight excluding hydrogens is 300 g/mol. The number of halogens is 1. The molecule has 2 aliphatic rings. The summed E-state index contributed by atoms with van der Waals surface area (Å²) in [4.78, 5) is 4.25. The van der Waals surface area contributed by atoms with Gasteiger partial charge in [-0.25, -0.2) is 9.67 Å². The molecule has 0 saturated heterocycles. The highest BCUT2D eigenvalue weighted by Crippen LogP contribution is 2.28. The van der Waals surface area contributed by atoms with Crippen LogP contribution in [0.25, 0.3) is 6.08 Å². The monoisotopic (exact) mass is 316 g/mol. The minimum atomic E-state index is 0.427. The first-order valence-electron chi connectivity index (χ1n) is 7.50. The zero-order valence-corrected chi connectivity index (χ0v) is 12.9. The maximum absolute atomic E-state index is 6.04. The van der Waals surface area contributed by atoms with Gasteiger partial charge >= 0.3 is 0 Å². The van der Waals surface area contributed by atoms with E-state index in [2.05, 4.69) is 21.5 Å². The molecule has 1 atom stereocenters. The molecule has 0 bridgehead atoms. The number of aryl methyl sites for hydroxylation is 1. The van der Waals surface area contributed by atoms with Crippen LogP contribution in [0.15, 0.2) is 30.1 Å². The topological polar surface area (TPSA) is 52.0 Å². The largest absolute Gasteiger partial charge is 0.489 e. The van der Waals surface area contributed by atoms with E-state index in [1.807, 2.05) is 22.9 Å². The highest BCUT2D eigenvalue weighted by atomic mass is 35.5. The van der Waals surface area contributed by atoms with Crippen LogP contribution in [0.1, 0.15) is 17.8 Å². The van der Waals surface area contributed by atoms with E-state index in [4.69, 9.17) is 16.3 Å². The van der Waals surface area contributed by atoms with Crippen molar-refractivity contribution in [3.8, 4) is 5.75 Å². The highest BCUT2D eigenvalue weighted by molar-refractivity contribution is 6.30. The fraction of sp³-hybridized carbons (Fsp3) is 0.375. The third-order valence-electron chi connectivity index (χ3n) is 4.17. The minimum Gasteiger partial charge on any atom is -0.489 e. The molecule has 1 N–H and O–H groups in total. The summed E-state index contributed by atoms with van der Waals surface area (Å²) in [5.74, 6) is 1.99. The number of hydrogen-bond acceptors (Lipinski definition) is 4. The first-order chi connectivity index (χ1) is 10.8. The van der Waals surface area contributed by atoms with Crippen LogP contribution in [0.5, 0.6) is 5.75 Å². The van der Waals surface area contributed by atoms with Gasteiger partial charge in [-0.05, 0) is 36.3 Å². The number of rotatable bonds is 3. The van der Waals surface area contributed by atoms with E-state index in [9.17, 15) is 0 Å². The zero-order chi connectivity index (χ0) is 14.9. The number of nitrogens with one attached hydrogen (secondary N) is 1. The van der Waals surface area contributed by atoms with Crippen molar-refractivity contribution in [2.75, 3.05) is 13.2 Å². The Bertz CT molecular complexity index is 725. The summed E-state index contributed by atoms with van der Waals surface area (Å²) < 4.78 is 7.77. The van der Waals surface area contributed by atoms with E-state index in [1.54, 1.807) is 6.33 Å². The summed E-state index contributed by atoms with van der Waals surface area (Å²) in [7, 11) is 0. The summed E-state index contributed by atoms with van der Waals surface area (Å²) in [5, 5.41) is 8.59. The smallest absolute Gasteiger partial charge is 0.138 e. The van der Waals surface area contributed by atoms with Crippen LogP contribution in [0.2, 0.25) is 5.02 Å². The van der Waals surface area contributed by atoms with Gasteiger partial charge in [0.2, 0.25) is 0 Å². The van der Waals surface area contributed by atoms with Crippen molar-refractivity contribution in [1.29, 1.82) is 0 Å². The maximum Gasteiger partial charge on any atom is 0.138 e. The van der Waals surface area contributed by atoms with Gasteiger partial charge in [-0.1, -0.05) is 11.6 Å². The number of benzene rings is 1. The molecule has 0 aliphatic carbocycles. The number of fused-ring (bicyclic) bond motifs is 2. The fourth-order valence-electron chi connectivity index (χ4n) is 2.98. The van der Waals surface area contributed by atoms with Gasteiger partial charge < -0.3 is 10.1 Å². The van der Waals surface area contributed by atoms with Crippen LogP contribution in [-0.2, 0) is 13.0 Å². The molecule has 6 heteroatoms. The van der Waals surface area contributed by atoms with E-state index >= 15 is 0 Å². The predicted molar refractivity (Wildman–Crippen MR) is 85.1 cm³/mol. The summed E-state index contributed by atoms with van der Waals surface area (Å²) in [5.41, 5.74) is 2.29. The second-order valence-corrected chi connectivity index (χ2v) is 6.18. The van der Waals surface area contributed by atoms with E-state index in [0.29, 0.717) is 12.6 Å². The Morgan fingerprint density at radius 1 is 1.41 bits per heavy atom. The van der Waals surface area contributed by atoms with Crippen molar-refractivity contribution in [3.63, 3.8) is 0 Å². The fourth-order valence-corrected chi connectivity index (χ4v) is 3.16. The van der Waals surface area contributed by atoms with Gasteiger partial charge in [0.15, 0.2) is 0 Å². The van der Waals surface area contributed by atoms with Crippen molar-refractivity contribution in [2.45, 2.75) is 25.4 Å². The molecule has 0 fully saturated rings. The van der Waals surface area contributed by atoms with E-state index in [0.717, 1.165) is 48.1 Å². The van der Waals surface area contributed by atoms with Crippen LogP contribution in [0.3, 0.4) is 0 Å². The third-order valence-corrected chi connectivity index (χ3v) is 4.40. The van der Waals surface area contributed by atoms with E-state index in [-0.39, 0.29) is 0 Å². The Morgan fingerprint density at radius 2 is 2.36 bits per heavy atom. The van der Waals surface area contributed by atoms with Crippen molar-refractivity contribution < 1.29 is 4.74 Å². The Hall–Kier alpha value is -1.85. The molecule has 0 spiro atoms. The molecule has 0 unspecified atom stereocenters. The predicted octanol–water partition coefficient (Wildman–Crippen LogP) is 2.31. The van der Waals surface area contributed by atoms with Gasteiger partial charge in [-0.15, -0.1) is 0 Å². The van der Waals surface area contributed by atoms with Gasteiger partial charge in [0.05, 0.1) is 6.54 Å². The Balaban J connectivity index is 1.41. The van der Waals surface area contributed by atoms with Crippen molar-refractivity contribution >= 4 is 17.7 Å². The molecule has 0 amide bonds. The SMILES string of the molecule is Clc1ccc2c(c1)C=C(CN[C@@H]1CCc3ncnn3C1)CO2. The summed E-state index contributed by atoms with van der Waals surface area (Å²) in [6.07, 6.45) is 5.87. The zero-order valence-electron chi connectivity index (χ0n) is 12.1. The van der Waals surface area contributed by atoms with Crippen LogP contribution < -0.4 is 10.1 Å².